The van der Waals surface area contributed by atoms with E-state index in [-0.39, 0.29) is 10.6 Å². The van der Waals surface area contributed by atoms with Gasteiger partial charge in [-0.1, -0.05) is 6.07 Å². The lowest BCUT2D eigenvalue weighted by molar-refractivity contribution is -0.307. The van der Waals surface area contributed by atoms with E-state index in [4.69, 9.17) is 4.74 Å². The Morgan fingerprint density at radius 3 is 2.47 bits per heavy atom. The van der Waals surface area contributed by atoms with E-state index in [1.807, 2.05) is 13.0 Å². The van der Waals surface area contributed by atoms with Crippen LogP contribution < -0.4 is 34.6 Å². The number of aliphatic carboxylic acids is 1. The molecule has 1 atom stereocenters. The zero-order valence-corrected chi connectivity index (χ0v) is 27.2. The smallest absolute Gasteiger partial charge is 0.241 e. The van der Waals surface area contributed by atoms with E-state index in [0.717, 1.165) is 117 Å². The highest BCUT2D eigenvalue weighted by Crippen LogP contribution is 2.48. The highest BCUT2D eigenvalue weighted by molar-refractivity contribution is 7.89. The molecule has 5 heterocycles. The summed E-state index contributed by atoms with van der Waals surface area (Å²) in [7, 11) is -4.11. The summed E-state index contributed by atoms with van der Waals surface area (Å²) in [4.78, 5) is 14.0. The fourth-order valence-corrected chi connectivity index (χ4v) is 9.94. The minimum atomic E-state index is -4.11. The van der Waals surface area contributed by atoms with Crippen molar-refractivity contribution in [2.75, 3.05) is 36.8 Å². The number of nitrogens with zero attached hydrogens (tertiary/aromatic N) is 2. The highest BCUT2D eigenvalue weighted by atomic mass is 32.2. The number of carboxylic acids is 1. The quantitative estimate of drug-likeness (QED) is 0.246. The number of hydrogen-bond acceptors (Lipinski definition) is 7. The number of carbonyl (C=O) groups is 1. The van der Waals surface area contributed by atoms with Crippen LogP contribution in [0.15, 0.2) is 35.2 Å². The summed E-state index contributed by atoms with van der Waals surface area (Å²) >= 11 is 3.99. The minimum Gasteiger partial charge on any atom is -0.548 e. The van der Waals surface area contributed by atoms with Crippen molar-refractivity contribution in [3.8, 4) is 11.5 Å². The first kappa shape index (κ1) is 29.1. The lowest BCUT2D eigenvalue weighted by atomic mass is 9.82. The third-order valence-electron chi connectivity index (χ3n) is 10.2. The molecule has 0 spiro atoms. The zero-order valence-electron chi connectivity index (χ0n) is 25.4. The highest BCUT2D eigenvalue weighted by Gasteiger charge is 2.36. The molecule has 0 saturated heterocycles. The average molecular weight is 644 g/mol. The number of nitrogens with one attached hydrogen (secondary N) is 1. The van der Waals surface area contributed by atoms with Crippen LogP contribution in [0, 0.1) is 6.92 Å². The minimum absolute atomic E-state index is 0.0113. The lowest BCUT2D eigenvalue weighted by Crippen LogP contribution is -2.48. The Morgan fingerprint density at radius 1 is 0.978 bits per heavy atom. The van der Waals surface area contributed by atoms with Crippen molar-refractivity contribution in [2.24, 2.45) is 0 Å². The van der Waals surface area contributed by atoms with Crippen molar-refractivity contribution in [1.29, 1.82) is 0 Å². The van der Waals surface area contributed by atoms with Crippen molar-refractivity contribution in [2.45, 2.75) is 69.2 Å². The molecule has 0 amide bonds. The van der Waals surface area contributed by atoms with Crippen LogP contribution in [0.2, 0.25) is 0 Å². The van der Waals surface area contributed by atoms with Crippen molar-refractivity contribution in [3.63, 3.8) is 0 Å². The van der Waals surface area contributed by atoms with Crippen LogP contribution in [-0.2, 0) is 40.5 Å². The predicted molar refractivity (Wildman–Crippen MR) is 174 cm³/mol. The maximum absolute atomic E-state index is 13.2. The summed E-state index contributed by atoms with van der Waals surface area (Å²) in [6, 6.07) is 8.34. The second-order valence-electron chi connectivity index (χ2n) is 13.0. The number of hydrogen-bond donors (Lipinski definition) is 2. The molecule has 10 heteroatoms. The van der Waals surface area contributed by atoms with Crippen molar-refractivity contribution >= 4 is 39.9 Å². The molecule has 5 aliphatic rings. The van der Waals surface area contributed by atoms with Gasteiger partial charge in [-0.25, -0.2) is 17.7 Å². The van der Waals surface area contributed by atoms with Gasteiger partial charge in [0.25, 0.3) is 0 Å². The van der Waals surface area contributed by atoms with Gasteiger partial charge in [0.05, 0.1) is 22.5 Å². The second kappa shape index (κ2) is 10.9. The van der Waals surface area contributed by atoms with Crippen LogP contribution in [0.5, 0.6) is 11.5 Å². The first-order chi connectivity index (χ1) is 21.7. The molecule has 8 rings (SSSR count). The number of carbonyl (C=O) groups excluding carboxylic acids is 1. The largest absolute Gasteiger partial charge is 0.548 e. The number of rotatable bonds is 6. The van der Waals surface area contributed by atoms with E-state index in [1.54, 1.807) is 12.1 Å². The van der Waals surface area contributed by atoms with Gasteiger partial charge >= 0.3 is 0 Å². The van der Waals surface area contributed by atoms with E-state index in [1.165, 1.54) is 33.3 Å². The third-order valence-corrected chi connectivity index (χ3v) is 12.1. The molecule has 5 aliphatic heterocycles. The van der Waals surface area contributed by atoms with Gasteiger partial charge in [0.1, 0.15) is 24.6 Å². The Bertz CT molecular complexity index is 2030. The molecule has 0 radical (unpaired) electrons. The third kappa shape index (κ3) is 4.62. The Hall–Kier alpha value is -3.34. The first-order valence-corrected chi connectivity index (χ1v) is 18.2. The summed E-state index contributed by atoms with van der Waals surface area (Å²) in [6.07, 6.45) is 8.46. The number of carboxylic acid groups (broad SMARTS) is 1. The van der Waals surface area contributed by atoms with E-state index in [0.29, 0.717) is 0 Å². The molecule has 0 fully saturated rings. The molecule has 8 nitrogen and oxygen atoms in total. The number of thiol groups is 1. The number of fused-ring (bicyclic) bond motifs is 4. The average Bonchev–Trinajstić information content (AvgIpc) is 3.03. The number of ether oxygens (including phenoxy) is 1. The number of sulfonamides is 1. The molecule has 3 aromatic carbocycles. The monoisotopic (exact) mass is 643 g/mol. The van der Waals surface area contributed by atoms with Crippen LogP contribution in [-0.4, -0.2) is 52.4 Å². The SMILES string of the molecule is Cc1cc(S(=O)(=O)NC(CS)C(=O)[O-])ccc1C1=c2cc3c4c(c2Oc2c1cc1c5c2CCCN5CCC1)CCC[N+]=4CCC3. The summed E-state index contributed by atoms with van der Waals surface area (Å²) in [6.45, 7) is 6.24. The summed E-state index contributed by atoms with van der Waals surface area (Å²) in [5, 5.41) is 13.9. The Labute approximate surface area is 268 Å². The number of aryl methyl sites for hydroxylation is 3. The fraction of sp³-hybridized carbons (Fsp3) is 0.429. The van der Waals surface area contributed by atoms with Crippen LogP contribution >= 0.6 is 12.6 Å². The van der Waals surface area contributed by atoms with Gasteiger partial charge < -0.3 is 19.5 Å². The van der Waals surface area contributed by atoms with Crippen molar-refractivity contribution in [3.05, 3.63) is 79.9 Å². The Morgan fingerprint density at radius 2 is 1.71 bits per heavy atom. The van der Waals surface area contributed by atoms with Crippen LogP contribution in [0.3, 0.4) is 0 Å². The second-order valence-corrected chi connectivity index (χ2v) is 15.1. The standard InChI is InChI=1S/C35H37N3O5S2/c1-20-16-23(45(41,42)36-29(19-44)35(39)40)10-11-24(20)30-27-17-21-6-2-12-37-14-4-8-25(31(21)37)33(27)43-34-26-9-5-15-38-13-3-7-22(32(26)38)18-28(30)34/h10-11,16-18,29,36H,2-9,12-15,19H2,1H3,(H-,39,40,44). The van der Waals surface area contributed by atoms with Gasteiger partial charge in [0.15, 0.2) is 0 Å². The molecule has 0 aliphatic carbocycles. The van der Waals surface area contributed by atoms with Gasteiger partial charge in [-0.05, 0) is 86.4 Å². The van der Waals surface area contributed by atoms with Crippen LogP contribution in [0.25, 0.3) is 5.57 Å². The predicted octanol–water partition coefficient (Wildman–Crippen LogP) is 1.76. The molecule has 0 saturated carbocycles. The number of anilines is 1. The summed E-state index contributed by atoms with van der Waals surface area (Å²) < 4.78 is 38.4. The Balaban J connectivity index is 1.39. The molecule has 1 N–H and O–H groups in total. The number of benzene rings is 3. The molecular formula is C35H37N3O5S2. The van der Waals surface area contributed by atoms with Crippen LogP contribution in [0.4, 0.5) is 5.69 Å². The molecule has 3 aromatic rings. The first-order valence-electron chi connectivity index (χ1n) is 16.1. The van der Waals surface area contributed by atoms with Crippen LogP contribution in [0.1, 0.15) is 64.6 Å². The van der Waals surface area contributed by atoms with E-state index in [2.05, 4.69) is 39.0 Å². The van der Waals surface area contributed by atoms with Gasteiger partial charge in [-0.15, -0.1) is 0 Å². The van der Waals surface area contributed by atoms with E-state index >= 15 is 0 Å². The van der Waals surface area contributed by atoms with Gasteiger partial charge in [0.2, 0.25) is 15.4 Å². The topological polar surface area (TPSA) is 102 Å². The van der Waals surface area contributed by atoms with E-state index < -0.39 is 22.0 Å². The molecule has 0 aromatic heterocycles. The molecule has 0 bridgehead atoms. The summed E-state index contributed by atoms with van der Waals surface area (Å²) in [5.74, 6) is 0.188. The van der Waals surface area contributed by atoms with E-state index in [9.17, 15) is 18.3 Å². The fourth-order valence-electron chi connectivity index (χ4n) is 8.30. The van der Waals surface area contributed by atoms with Gasteiger partial charge in [0, 0.05) is 64.9 Å². The normalized spacial score (nSPS) is 18.8. The van der Waals surface area contributed by atoms with Gasteiger partial charge in [-0.3, -0.25) is 0 Å². The van der Waals surface area contributed by atoms with Crippen molar-refractivity contribution < 1.29 is 23.1 Å². The zero-order chi connectivity index (χ0) is 31.0. The summed E-state index contributed by atoms with van der Waals surface area (Å²) in [5.41, 5.74) is 10.6. The van der Waals surface area contributed by atoms with Gasteiger partial charge in [-0.2, -0.15) is 12.6 Å². The molecule has 234 valence electrons. The lowest BCUT2D eigenvalue weighted by Gasteiger charge is -2.39. The van der Waals surface area contributed by atoms with Crippen molar-refractivity contribution in [1.82, 2.24) is 9.30 Å². The molecular weight excluding hydrogens is 607 g/mol. The maximum Gasteiger partial charge on any atom is 0.241 e. The molecule has 1 unspecified atom stereocenters. The molecule has 45 heavy (non-hydrogen) atoms. The maximum atomic E-state index is 13.2. The Kier molecular flexibility index (Phi) is 7.03.